The predicted molar refractivity (Wildman–Crippen MR) is 92.1 cm³/mol. The Labute approximate surface area is 150 Å². The highest BCUT2D eigenvalue weighted by molar-refractivity contribution is 6.31. The summed E-state index contributed by atoms with van der Waals surface area (Å²) in [6, 6.07) is 7.20. The molecule has 1 aromatic heterocycles. The first-order valence-electron chi connectivity index (χ1n) is 8.34. The number of nitrogens with zero attached hydrogens (tertiary/aromatic N) is 2. The fraction of sp³-hybridized carbons (Fsp3) is 0.389. The molecule has 2 aromatic rings. The summed E-state index contributed by atoms with van der Waals surface area (Å²) in [5.41, 5.74) is 1.01. The van der Waals surface area contributed by atoms with Crippen LogP contribution in [0.5, 0.6) is 11.5 Å². The number of halogens is 1. The number of carbonyl (C=O) groups is 1. The average Bonchev–Trinajstić information content (AvgIpc) is 3.23. The van der Waals surface area contributed by atoms with Crippen LogP contribution in [0.15, 0.2) is 34.9 Å². The Morgan fingerprint density at radius 1 is 1.12 bits per heavy atom. The van der Waals surface area contributed by atoms with E-state index in [-0.39, 0.29) is 12.7 Å². The molecule has 0 saturated carbocycles. The monoisotopic (exact) mass is 362 g/mol. The summed E-state index contributed by atoms with van der Waals surface area (Å²) in [5, 5.41) is 0.678. The number of carbonyl (C=O) groups excluding carboxylic acids is 1. The van der Waals surface area contributed by atoms with Gasteiger partial charge >= 0.3 is 0 Å². The molecular weight excluding hydrogens is 344 g/mol. The molecule has 4 rings (SSSR count). The highest BCUT2D eigenvalue weighted by Crippen LogP contribution is 2.37. The molecular formula is C18H19ClN2O4. The van der Waals surface area contributed by atoms with Crippen molar-refractivity contribution in [3.63, 3.8) is 0 Å². The molecule has 2 aliphatic rings. The standard InChI is InChI=1S/C18H19ClN2O4/c19-14-10-17-16(24-12-25-17)9-13(14)11-20-4-2-5-21(7-6-20)18(22)15-3-1-8-23-15/h1,3,8-10H,2,4-7,11-12H2. The molecule has 132 valence electrons. The van der Waals surface area contributed by atoms with Crippen LogP contribution in [0.2, 0.25) is 5.02 Å². The summed E-state index contributed by atoms with van der Waals surface area (Å²) < 4.78 is 16.0. The number of furan rings is 1. The van der Waals surface area contributed by atoms with E-state index in [0.717, 1.165) is 43.9 Å². The van der Waals surface area contributed by atoms with Crippen LogP contribution in [0.1, 0.15) is 22.5 Å². The smallest absolute Gasteiger partial charge is 0.289 e. The number of ether oxygens (including phenoxy) is 2. The zero-order valence-corrected chi connectivity index (χ0v) is 14.5. The van der Waals surface area contributed by atoms with Crippen LogP contribution < -0.4 is 9.47 Å². The van der Waals surface area contributed by atoms with Gasteiger partial charge in [0.05, 0.1) is 6.26 Å². The van der Waals surface area contributed by atoms with Crippen molar-refractivity contribution in [3.8, 4) is 11.5 Å². The van der Waals surface area contributed by atoms with Gasteiger partial charge in [-0.15, -0.1) is 0 Å². The van der Waals surface area contributed by atoms with Crippen LogP contribution in [0.3, 0.4) is 0 Å². The maximum atomic E-state index is 12.4. The van der Waals surface area contributed by atoms with Crippen LogP contribution in [-0.2, 0) is 6.54 Å². The van der Waals surface area contributed by atoms with E-state index < -0.39 is 0 Å². The van der Waals surface area contributed by atoms with Gasteiger partial charge in [0, 0.05) is 43.8 Å². The number of fused-ring (bicyclic) bond motifs is 1. The van der Waals surface area contributed by atoms with E-state index in [2.05, 4.69) is 4.90 Å². The average molecular weight is 363 g/mol. The van der Waals surface area contributed by atoms with E-state index in [0.29, 0.717) is 23.1 Å². The molecule has 25 heavy (non-hydrogen) atoms. The van der Waals surface area contributed by atoms with Crippen molar-refractivity contribution < 1.29 is 18.7 Å². The number of hydrogen-bond donors (Lipinski definition) is 0. The highest BCUT2D eigenvalue weighted by Gasteiger charge is 2.23. The van der Waals surface area contributed by atoms with E-state index in [1.165, 1.54) is 6.26 Å². The Hall–Kier alpha value is -2.18. The van der Waals surface area contributed by atoms with Crippen LogP contribution >= 0.6 is 11.6 Å². The maximum Gasteiger partial charge on any atom is 0.289 e. The number of rotatable bonds is 3. The fourth-order valence-electron chi connectivity index (χ4n) is 3.21. The second kappa shape index (κ2) is 6.98. The first kappa shape index (κ1) is 16.3. The third-order valence-electron chi connectivity index (χ3n) is 4.54. The predicted octanol–water partition coefficient (Wildman–Crippen LogP) is 3.01. The molecule has 1 amide bonds. The van der Waals surface area contributed by atoms with Crippen molar-refractivity contribution in [1.82, 2.24) is 9.80 Å². The van der Waals surface area contributed by atoms with Crippen molar-refractivity contribution in [2.24, 2.45) is 0 Å². The van der Waals surface area contributed by atoms with Crippen molar-refractivity contribution in [3.05, 3.63) is 46.9 Å². The molecule has 0 atom stereocenters. The molecule has 6 nitrogen and oxygen atoms in total. The van der Waals surface area contributed by atoms with E-state index in [1.807, 2.05) is 17.0 Å². The van der Waals surface area contributed by atoms with Crippen molar-refractivity contribution in [2.75, 3.05) is 33.0 Å². The molecule has 0 radical (unpaired) electrons. The Balaban J connectivity index is 1.41. The molecule has 3 heterocycles. The van der Waals surface area contributed by atoms with Crippen molar-refractivity contribution >= 4 is 17.5 Å². The number of hydrogen-bond acceptors (Lipinski definition) is 5. The summed E-state index contributed by atoms with van der Waals surface area (Å²) >= 11 is 6.38. The second-order valence-electron chi connectivity index (χ2n) is 6.20. The molecule has 0 spiro atoms. The first-order valence-corrected chi connectivity index (χ1v) is 8.71. The van der Waals surface area contributed by atoms with Gasteiger partial charge in [0.15, 0.2) is 17.3 Å². The van der Waals surface area contributed by atoms with Crippen LogP contribution in [0, 0.1) is 0 Å². The largest absolute Gasteiger partial charge is 0.459 e. The van der Waals surface area contributed by atoms with Gasteiger partial charge < -0.3 is 18.8 Å². The van der Waals surface area contributed by atoms with Crippen molar-refractivity contribution in [1.29, 1.82) is 0 Å². The Kier molecular flexibility index (Phi) is 4.55. The lowest BCUT2D eigenvalue weighted by Gasteiger charge is -2.22. The van der Waals surface area contributed by atoms with Crippen LogP contribution in [-0.4, -0.2) is 48.7 Å². The minimum absolute atomic E-state index is 0.0482. The minimum atomic E-state index is -0.0482. The Morgan fingerprint density at radius 2 is 1.96 bits per heavy atom. The van der Waals surface area contributed by atoms with Crippen molar-refractivity contribution in [2.45, 2.75) is 13.0 Å². The van der Waals surface area contributed by atoms with E-state index >= 15 is 0 Å². The molecule has 7 heteroatoms. The third-order valence-corrected chi connectivity index (χ3v) is 4.90. The van der Waals surface area contributed by atoms with E-state index in [9.17, 15) is 4.79 Å². The molecule has 1 fully saturated rings. The van der Waals surface area contributed by atoms with Gasteiger partial charge in [-0.1, -0.05) is 11.6 Å². The molecule has 2 aliphatic heterocycles. The molecule has 1 aromatic carbocycles. The summed E-state index contributed by atoms with van der Waals surface area (Å²) in [7, 11) is 0. The Morgan fingerprint density at radius 3 is 2.76 bits per heavy atom. The molecule has 0 aliphatic carbocycles. The molecule has 0 unspecified atom stereocenters. The van der Waals surface area contributed by atoms with Crippen LogP contribution in [0.25, 0.3) is 0 Å². The summed E-state index contributed by atoms with van der Waals surface area (Å²) in [5.74, 6) is 1.78. The topological polar surface area (TPSA) is 55.2 Å². The molecule has 1 saturated heterocycles. The number of benzene rings is 1. The van der Waals surface area contributed by atoms with Gasteiger partial charge in [0.2, 0.25) is 6.79 Å². The highest BCUT2D eigenvalue weighted by atomic mass is 35.5. The minimum Gasteiger partial charge on any atom is -0.459 e. The van der Waals surface area contributed by atoms with Gasteiger partial charge in [-0.25, -0.2) is 0 Å². The van der Waals surface area contributed by atoms with Gasteiger partial charge in [-0.05, 0) is 30.2 Å². The van der Waals surface area contributed by atoms with Gasteiger partial charge in [-0.3, -0.25) is 9.69 Å². The van der Waals surface area contributed by atoms with E-state index in [1.54, 1.807) is 12.1 Å². The second-order valence-corrected chi connectivity index (χ2v) is 6.60. The van der Waals surface area contributed by atoms with Gasteiger partial charge in [0.25, 0.3) is 5.91 Å². The van der Waals surface area contributed by atoms with E-state index in [4.69, 9.17) is 25.5 Å². The summed E-state index contributed by atoms with van der Waals surface area (Å²) in [6.45, 7) is 4.05. The zero-order valence-electron chi connectivity index (χ0n) is 13.7. The summed E-state index contributed by atoms with van der Waals surface area (Å²) in [6.07, 6.45) is 2.44. The third kappa shape index (κ3) is 3.45. The molecule has 0 N–H and O–H groups in total. The zero-order chi connectivity index (χ0) is 17.2. The van der Waals surface area contributed by atoms with Gasteiger partial charge in [0.1, 0.15) is 0 Å². The lowest BCUT2D eigenvalue weighted by atomic mass is 10.2. The summed E-state index contributed by atoms with van der Waals surface area (Å²) in [4.78, 5) is 16.6. The first-order chi connectivity index (χ1) is 12.2. The normalized spacial score (nSPS) is 17.6. The lowest BCUT2D eigenvalue weighted by Crippen LogP contribution is -2.34. The lowest BCUT2D eigenvalue weighted by molar-refractivity contribution is 0.0729. The quantitative estimate of drug-likeness (QED) is 0.840. The SMILES string of the molecule is O=C(c1ccco1)N1CCCN(Cc2cc3c(cc2Cl)OCO3)CC1. The maximum absolute atomic E-state index is 12.4. The van der Waals surface area contributed by atoms with Gasteiger partial charge in [-0.2, -0.15) is 0 Å². The fourth-order valence-corrected chi connectivity index (χ4v) is 3.42. The van der Waals surface area contributed by atoms with Crippen LogP contribution in [0.4, 0.5) is 0 Å². The molecule has 0 bridgehead atoms. The Bertz CT molecular complexity index is 763. The number of amides is 1.